The zero-order valence-corrected chi connectivity index (χ0v) is 13.3. The van der Waals surface area contributed by atoms with E-state index in [9.17, 15) is 9.18 Å². The van der Waals surface area contributed by atoms with Crippen LogP contribution in [0.3, 0.4) is 0 Å². The SMILES string of the molecule is CSCCC(=O)N[C@H]1CCCN(Cc2ccccc2F)C1. The number of nitrogens with zero attached hydrogens (tertiary/aromatic N) is 1. The Morgan fingerprint density at radius 1 is 1.48 bits per heavy atom. The van der Waals surface area contributed by atoms with Gasteiger partial charge in [0.15, 0.2) is 0 Å². The van der Waals surface area contributed by atoms with E-state index in [0.717, 1.165) is 37.2 Å². The molecule has 1 amide bonds. The fourth-order valence-corrected chi connectivity index (χ4v) is 3.07. The third-order valence-corrected chi connectivity index (χ3v) is 4.37. The van der Waals surface area contributed by atoms with Crippen LogP contribution < -0.4 is 5.32 Å². The molecule has 0 radical (unpaired) electrons. The van der Waals surface area contributed by atoms with E-state index in [1.807, 2.05) is 18.4 Å². The van der Waals surface area contributed by atoms with E-state index in [4.69, 9.17) is 0 Å². The summed E-state index contributed by atoms with van der Waals surface area (Å²) in [6, 6.07) is 7.10. The van der Waals surface area contributed by atoms with Gasteiger partial charge in [0.05, 0.1) is 0 Å². The van der Waals surface area contributed by atoms with Crippen molar-refractivity contribution in [3.63, 3.8) is 0 Å². The maximum atomic E-state index is 13.7. The fraction of sp³-hybridized carbons (Fsp3) is 0.562. The molecule has 0 aromatic heterocycles. The van der Waals surface area contributed by atoms with Crippen molar-refractivity contribution in [2.75, 3.05) is 25.1 Å². The van der Waals surface area contributed by atoms with Crippen molar-refractivity contribution >= 4 is 17.7 Å². The van der Waals surface area contributed by atoms with Gasteiger partial charge in [0.25, 0.3) is 0 Å². The molecule has 1 fully saturated rings. The zero-order chi connectivity index (χ0) is 15.1. The molecule has 1 aromatic carbocycles. The van der Waals surface area contributed by atoms with Gasteiger partial charge in [0.2, 0.25) is 5.91 Å². The predicted molar refractivity (Wildman–Crippen MR) is 85.8 cm³/mol. The van der Waals surface area contributed by atoms with Crippen molar-refractivity contribution in [3.05, 3.63) is 35.6 Å². The molecule has 1 saturated heterocycles. The monoisotopic (exact) mass is 310 g/mol. The van der Waals surface area contributed by atoms with Crippen LogP contribution >= 0.6 is 11.8 Å². The van der Waals surface area contributed by atoms with Crippen molar-refractivity contribution in [2.45, 2.75) is 31.8 Å². The highest BCUT2D eigenvalue weighted by Crippen LogP contribution is 2.16. The first-order valence-electron chi connectivity index (χ1n) is 7.43. The van der Waals surface area contributed by atoms with E-state index in [-0.39, 0.29) is 17.8 Å². The molecule has 0 spiro atoms. The molecular weight excluding hydrogens is 287 g/mol. The molecule has 3 nitrogen and oxygen atoms in total. The molecule has 0 saturated carbocycles. The minimum atomic E-state index is -0.149. The molecule has 5 heteroatoms. The van der Waals surface area contributed by atoms with Gasteiger partial charge in [-0.2, -0.15) is 11.8 Å². The van der Waals surface area contributed by atoms with E-state index in [1.54, 1.807) is 17.8 Å². The summed E-state index contributed by atoms with van der Waals surface area (Å²) in [5.74, 6) is 0.836. The Kier molecular flexibility index (Phi) is 6.51. The number of carbonyl (C=O) groups excluding carboxylic acids is 1. The van der Waals surface area contributed by atoms with Crippen LogP contribution in [0.4, 0.5) is 4.39 Å². The molecule has 1 aliphatic rings. The number of rotatable bonds is 6. The first kappa shape index (κ1) is 16.3. The van der Waals surface area contributed by atoms with Crippen LogP contribution in [0.15, 0.2) is 24.3 Å². The second kappa shape index (κ2) is 8.39. The van der Waals surface area contributed by atoms with Gasteiger partial charge in [-0.05, 0) is 31.7 Å². The number of benzene rings is 1. The Morgan fingerprint density at radius 2 is 2.29 bits per heavy atom. The van der Waals surface area contributed by atoms with Crippen LogP contribution in [0, 0.1) is 5.82 Å². The molecule has 1 N–H and O–H groups in total. The summed E-state index contributed by atoms with van der Waals surface area (Å²) in [4.78, 5) is 14.0. The molecule has 2 rings (SSSR count). The summed E-state index contributed by atoms with van der Waals surface area (Å²) in [7, 11) is 0. The lowest BCUT2D eigenvalue weighted by molar-refractivity contribution is -0.121. The van der Waals surface area contributed by atoms with E-state index in [2.05, 4.69) is 10.2 Å². The average Bonchev–Trinajstić information content (AvgIpc) is 2.48. The van der Waals surface area contributed by atoms with E-state index in [1.165, 1.54) is 6.07 Å². The van der Waals surface area contributed by atoms with Gasteiger partial charge in [-0.25, -0.2) is 4.39 Å². The Labute approximate surface area is 130 Å². The minimum absolute atomic E-state index is 0.127. The number of hydrogen-bond donors (Lipinski definition) is 1. The number of nitrogens with one attached hydrogen (secondary N) is 1. The maximum Gasteiger partial charge on any atom is 0.221 e. The van der Waals surface area contributed by atoms with Crippen molar-refractivity contribution in [1.29, 1.82) is 0 Å². The van der Waals surface area contributed by atoms with Crippen molar-refractivity contribution in [3.8, 4) is 0 Å². The summed E-state index contributed by atoms with van der Waals surface area (Å²) >= 11 is 1.68. The van der Waals surface area contributed by atoms with Gasteiger partial charge < -0.3 is 5.32 Å². The number of thioether (sulfide) groups is 1. The van der Waals surface area contributed by atoms with Gasteiger partial charge in [-0.15, -0.1) is 0 Å². The maximum absolute atomic E-state index is 13.7. The summed E-state index contributed by atoms with van der Waals surface area (Å²) in [5, 5.41) is 3.10. The lowest BCUT2D eigenvalue weighted by atomic mass is 10.0. The Balaban J connectivity index is 1.83. The lowest BCUT2D eigenvalue weighted by Gasteiger charge is -2.33. The van der Waals surface area contributed by atoms with Gasteiger partial charge in [0, 0.05) is 36.9 Å². The molecule has 0 unspecified atom stereocenters. The fourth-order valence-electron chi connectivity index (χ4n) is 2.68. The first-order valence-corrected chi connectivity index (χ1v) is 8.82. The molecule has 21 heavy (non-hydrogen) atoms. The summed E-state index contributed by atoms with van der Waals surface area (Å²) in [5.41, 5.74) is 0.729. The van der Waals surface area contributed by atoms with Crippen LogP contribution in [0.2, 0.25) is 0 Å². The van der Waals surface area contributed by atoms with Crippen molar-refractivity contribution in [1.82, 2.24) is 10.2 Å². The van der Waals surface area contributed by atoms with Gasteiger partial charge >= 0.3 is 0 Å². The Morgan fingerprint density at radius 3 is 3.05 bits per heavy atom. The third kappa shape index (κ3) is 5.32. The van der Waals surface area contributed by atoms with E-state index in [0.29, 0.717) is 13.0 Å². The molecule has 1 aromatic rings. The summed E-state index contributed by atoms with van der Waals surface area (Å²) < 4.78 is 13.7. The highest BCUT2D eigenvalue weighted by molar-refractivity contribution is 7.98. The number of amides is 1. The molecule has 0 aliphatic carbocycles. The Bertz CT molecular complexity index is 469. The van der Waals surface area contributed by atoms with E-state index < -0.39 is 0 Å². The average molecular weight is 310 g/mol. The molecular formula is C16H23FN2OS. The zero-order valence-electron chi connectivity index (χ0n) is 12.5. The first-order chi connectivity index (χ1) is 10.2. The van der Waals surface area contributed by atoms with E-state index >= 15 is 0 Å². The van der Waals surface area contributed by atoms with Crippen LogP contribution in [-0.4, -0.2) is 41.9 Å². The number of carbonyl (C=O) groups is 1. The summed E-state index contributed by atoms with van der Waals surface area (Å²) in [6.45, 7) is 2.38. The van der Waals surface area contributed by atoms with Crippen molar-refractivity contribution < 1.29 is 9.18 Å². The van der Waals surface area contributed by atoms with Gasteiger partial charge in [0.1, 0.15) is 5.82 Å². The number of hydrogen-bond acceptors (Lipinski definition) is 3. The molecule has 116 valence electrons. The number of likely N-dealkylation sites (tertiary alicyclic amines) is 1. The van der Waals surface area contributed by atoms with Gasteiger partial charge in [-0.1, -0.05) is 18.2 Å². The lowest BCUT2D eigenvalue weighted by Crippen LogP contribution is -2.47. The largest absolute Gasteiger partial charge is 0.352 e. The normalized spacial score (nSPS) is 19.4. The highest BCUT2D eigenvalue weighted by atomic mass is 32.2. The number of piperidine rings is 1. The van der Waals surface area contributed by atoms with Crippen LogP contribution in [0.25, 0.3) is 0 Å². The molecule has 1 aliphatic heterocycles. The second-order valence-corrected chi connectivity index (χ2v) is 6.46. The second-order valence-electron chi connectivity index (χ2n) is 5.48. The Hall–Kier alpha value is -1.07. The van der Waals surface area contributed by atoms with Crippen LogP contribution in [0.5, 0.6) is 0 Å². The topological polar surface area (TPSA) is 32.3 Å². The highest BCUT2D eigenvalue weighted by Gasteiger charge is 2.21. The van der Waals surface area contributed by atoms with Crippen molar-refractivity contribution in [2.24, 2.45) is 0 Å². The smallest absolute Gasteiger partial charge is 0.221 e. The molecule has 0 bridgehead atoms. The number of halogens is 1. The quantitative estimate of drug-likeness (QED) is 0.877. The third-order valence-electron chi connectivity index (χ3n) is 3.76. The minimum Gasteiger partial charge on any atom is -0.352 e. The van der Waals surface area contributed by atoms with Crippen LogP contribution in [0.1, 0.15) is 24.8 Å². The molecule has 1 heterocycles. The van der Waals surface area contributed by atoms with Gasteiger partial charge in [-0.3, -0.25) is 9.69 Å². The summed E-state index contributed by atoms with van der Waals surface area (Å²) in [6.07, 6.45) is 4.63. The van der Waals surface area contributed by atoms with Crippen LogP contribution in [-0.2, 0) is 11.3 Å². The predicted octanol–water partition coefficient (Wildman–Crippen LogP) is 2.66. The molecule has 1 atom stereocenters. The standard InChI is InChI=1S/C16H23FN2OS/c1-21-10-8-16(20)18-14-6-4-9-19(12-14)11-13-5-2-3-7-15(13)17/h2-3,5,7,14H,4,6,8-12H2,1H3,(H,18,20)/t14-/m0/s1.